The number of amides is 1. The average molecular weight is 267 g/mol. The normalized spacial score (nSPS) is 15.5. The van der Waals surface area contributed by atoms with Crippen molar-refractivity contribution in [3.63, 3.8) is 0 Å². The minimum Gasteiger partial charge on any atom is -0.497 e. The van der Waals surface area contributed by atoms with Crippen molar-refractivity contribution in [3.05, 3.63) is 29.8 Å². The Hall–Kier alpha value is -1.07. The van der Waals surface area contributed by atoms with E-state index in [0.29, 0.717) is 16.6 Å². The Labute approximate surface area is 110 Å². The number of ether oxygens (including phenoxy) is 1. The van der Waals surface area contributed by atoms with Crippen molar-refractivity contribution in [2.75, 3.05) is 19.4 Å². The van der Waals surface area contributed by atoms with Crippen molar-refractivity contribution in [2.24, 2.45) is 0 Å². The number of thiocarbonyl (C=S) groups is 1. The van der Waals surface area contributed by atoms with Crippen molar-refractivity contribution in [1.29, 1.82) is 0 Å². The van der Waals surface area contributed by atoms with Crippen LogP contribution in [0.4, 0.5) is 0 Å². The number of thioether (sulfide) groups is 1. The molecule has 0 unspecified atom stereocenters. The summed E-state index contributed by atoms with van der Waals surface area (Å²) >= 11 is 6.56. The Morgan fingerprint density at radius 1 is 1.41 bits per heavy atom. The van der Waals surface area contributed by atoms with Gasteiger partial charge < -0.3 is 4.74 Å². The highest BCUT2D eigenvalue weighted by molar-refractivity contribution is 8.23. The van der Waals surface area contributed by atoms with E-state index in [0.717, 1.165) is 12.2 Å². The van der Waals surface area contributed by atoms with Crippen LogP contribution in [-0.2, 0) is 11.2 Å². The molecule has 1 aliphatic rings. The fourth-order valence-electron chi connectivity index (χ4n) is 1.63. The molecule has 1 aliphatic heterocycles. The van der Waals surface area contributed by atoms with Crippen LogP contribution in [0.1, 0.15) is 5.56 Å². The fraction of sp³-hybridized carbons (Fsp3) is 0.333. The lowest BCUT2D eigenvalue weighted by atomic mass is 10.1. The van der Waals surface area contributed by atoms with E-state index in [-0.39, 0.29) is 5.91 Å². The van der Waals surface area contributed by atoms with Crippen molar-refractivity contribution < 1.29 is 9.53 Å². The molecule has 0 aromatic heterocycles. The Kier molecular flexibility index (Phi) is 4.02. The number of nitrogens with zero attached hydrogens (tertiary/aromatic N) is 1. The summed E-state index contributed by atoms with van der Waals surface area (Å²) in [4.78, 5) is 13.2. The Bertz CT molecular complexity index is 415. The van der Waals surface area contributed by atoms with Gasteiger partial charge in [0.25, 0.3) is 0 Å². The molecule has 1 aromatic carbocycles. The standard InChI is InChI=1S/C12H13NO2S2/c1-15-10-4-2-9(3-5-10)6-7-13-11(14)8-17-12(13)16/h2-5H,6-8H2,1H3. The summed E-state index contributed by atoms with van der Waals surface area (Å²) in [5.74, 6) is 1.45. The third-order valence-corrected chi connectivity index (χ3v) is 4.06. The molecule has 0 saturated carbocycles. The second kappa shape index (κ2) is 5.51. The number of methoxy groups -OCH3 is 1. The van der Waals surface area contributed by atoms with E-state index in [9.17, 15) is 4.79 Å². The maximum absolute atomic E-state index is 11.5. The van der Waals surface area contributed by atoms with Crippen LogP contribution in [0.2, 0.25) is 0 Å². The van der Waals surface area contributed by atoms with Crippen LogP contribution in [0.15, 0.2) is 24.3 Å². The van der Waals surface area contributed by atoms with Crippen LogP contribution in [0.25, 0.3) is 0 Å². The molecule has 5 heteroatoms. The van der Waals surface area contributed by atoms with Gasteiger partial charge in [-0.1, -0.05) is 36.1 Å². The highest BCUT2D eigenvalue weighted by Crippen LogP contribution is 2.20. The zero-order chi connectivity index (χ0) is 12.3. The summed E-state index contributed by atoms with van der Waals surface area (Å²) < 4.78 is 5.79. The highest BCUT2D eigenvalue weighted by Gasteiger charge is 2.25. The Morgan fingerprint density at radius 2 is 2.12 bits per heavy atom. The number of carbonyl (C=O) groups is 1. The van der Waals surface area contributed by atoms with Gasteiger partial charge in [-0.05, 0) is 24.1 Å². The van der Waals surface area contributed by atoms with Crippen LogP contribution in [0, 0.1) is 0 Å². The molecule has 0 bridgehead atoms. The molecule has 0 N–H and O–H groups in total. The molecule has 3 nitrogen and oxygen atoms in total. The molecule has 1 saturated heterocycles. The zero-order valence-corrected chi connectivity index (χ0v) is 11.1. The lowest BCUT2D eigenvalue weighted by Gasteiger charge is -2.14. The highest BCUT2D eigenvalue weighted by atomic mass is 32.2. The van der Waals surface area contributed by atoms with Crippen LogP contribution in [-0.4, -0.2) is 34.5 Å². The maximum atomic E-state index is 11.5. The fourth-order valence-corrected chi connectivity index (χ4v) is 2.75. The number of rotatable bonds is 4. The molecule has 1 aromatic rings. The third-order valence-electron chi connectivity index (χ3n) is 2.62. The van der Waals surface area contributed by atoms with Crippen molar-refractivity contribution >= 4 is 34.2 Å². The molecular weight excluding hydrogens is 254 g/mol. The molecule has 0 radical (unpaired) electrons. The van der Waals surface area contributed by atoms with E-state index < -0.39 is 0 Å². The van der Waals surface area contributed by atoms with Crippen molar-refractivity contribution in [3.8, 4) is 5.75 Å². The van der Waals surface area contributed by atoms with Gasteiger partial charge in [-0.15, -0.1) is 0 Å². The SMILES string of the molecule is COc1ccc(CCN2C(=O)CSC2=S)cc1. The van der Waals surface area contributed by atoms with Gasteiger partial charge in [0.1, 0.15) is 10.1 Å². The van der Waals surface area contributed by atoms with Crippen LogP contribution in [0.5, 0.6) is 5.75 Å². The van der Waals surface area contributed by atoms with E-state index in [1.807, 2.05) is 24.3 Å². The van der Waals surface area contributed by atoms with Gasteiger partial charge in [0.2, 0.25) is 5.91 Å². The molecule has 0 aliphatic carbocycles. The summed E-state index contributed by atoms with van der Waals surface area (Å²) in [7, 11) is 1.65. The van der Waals surface area contributed by atoms with Crippen LogP contribution < -0.4 is 4.74 Å². The first-order valence-electron chi connectivity index (χ1n) is 5.31. The second-order valence-corrected chi connectivity index (χ2v) is 5.31. The van der Waals surface area contributed by atoms with Crippen molar-refractivity contribution in [1.82, 2.24) is 4.90 Å². The number of benzene rings is 1. The largest absolute Gasteiger partial charge is 0.497 e. The lowest BCUT2D eigenvalue weighted by molar-refractivity contribution is -0.123. The van der Waals surface area contributed by atoms with Gasteiger partial charge in [0, 0.05) is 6.54 Å². The number of hydrogen-bond donors (Lipinski definition) is 0. The van der Waals surface area contributed by atoms with Gasteiger partial charge >= 0.3 is 0 Å². The van der Waals surface area contributed by atoms with Crippen LogP contribution in [0.3, 0.4) is 0 Å². The maximum Gasteiger partial charge on any atom is 0.238 e. The smallest absolute Gasteiger partial charge is 0.238 e. The number of hydrogen-bond acceptors (Lipinski definition) is 4. The Balaban J connectivity index is 1.93. The molecule has 0 atom stereocenters. The first-order valence-corrected chi connectivity index (χ1v) is 6.70. The first kappa shape index (κ1) is 12.4. The molecule has 0 spiro atoms. The first-order chi connectivity index (χ1) is 8.20. The van der Waals surface area contributed by atoms with Gasteiger partial charge in [-0.2, -0.15) is 0 Å². The molecule has 1 heterocycles. The van der Waals surface area contributed by atoms with E-state index in [4.69, 9.17) is 17.0 Å². The topological polar surface area (TPSA) is 29.5 Å². The minimum atomic E-state index is 0.119. The van der Waals surface area contributed by atoms with Gasteiger partial charge in [-0.25, -0.2) is 0 Å². The van der Waals surface area contributed by atoms with E-state index in [1.54, 1.807) is 12.0 Å². The van der Waals surface area contributed by atoms with Crippen LogP contribution >= 0.6 is 24.0 Å². The summed E-state index contributed by atoms with van der Waals surface area (Å²) in [6.07, 6.45) is 0.816. The average Bonchev–Trinajstić information content (AvgIpc) is 2.67. The zero-order valence-electron chi connectivity index (χ0n) is 9.51. The van der Waals surface area contributed by atoms with E-state index in [1.165, 1.54) is 17.3 Å². The molecule has 17 heavy (non-hydrogen) atoms. The molecular formula is C12H13NO2S2. The molecule has 90 valence electrons. The number of carbonyl (C=O) groups excluding carboxylic acids is 1. The van der Waals surface area contributed by atoms with E-state index >= 15 is 0 Å². The summed E-state index contributed by atoms with van der Waals surface area (Å²) in [6.45, 7) is 0.664. The minimum absolute atomic E-state index is 0.119. The monoisotopic (exact) mass is 267 g/mol. The molecule has 1 amide bonds. The lowest BCUT2D eigenvalue weighted by Crippen LogP contribution is -2.30. The Morgan fingerprint density at radius 3 is 2.65 bits per heavy atom. The molecule has 2 rings (SSSR count). The van der Waals surface area contributed by atoms with Gasteiger partial charge in [-0.3, -0.25) is 9.69 Å². The predicted molar refractivity (Wildman–Crippen MR) is 73.5 cm³/mol. The van der Waals surface area contributed by atoms with Crippen molar-refractivity contribution in [2.45, 2.75) is 6.42 Å². The summed E-state index contributed by atoms with van der Waals surface area (Å²) in [6, 6.07) is 7.87. The van der Waals surface area contributed by atoms with E-state index in [2.05, 4.69) is 0 Å². The summed E-state index contributed by atoms with van der Waals surface area (Å²) in [5, 5.41) is 0. The molecule has 1 fully saturated rings. The quantitative estimate of drug-likeness (QED) is 0.781. The second-order valence-electron chi connectivity index (χ2n) is 3.70. The van der Waals surface area contributed by atoms with Gasteiger partial charge in [0.15, 0.2) is 0 Å². The summed E-state index contributed by atoms with van der Waals surface area (Å²) in [5.41, 5.74) is 1.18. The predicted octanol–water partition coefficient (Wildman–Crippen LogP) is 2.10. The third kappa shape index (κ3) is 2.98. The van der Waals surface area contributed by atoms with Gasteiger partial charge in [0.05, 0.1) is 12.9 Å².